The number of amides is 5. The van der Waals surface area contributed by atoms with Crippen molar-refractivity contribution in [1.82, 2.24) is 25.3 Å². The highest BCUT2D eigenvalue weighted by Crippen LogP contribution is 2.22. The molecule has 1 aromatic rings. The van der Waals surface area contributed by atoms with Gasteiger partial charge in [-0.1, -0.05) is 0 Å². The number of phenols is 1. The first-order valence-corrected chi connectivity index (χ1v) is 13.9. The van der Waals surface area contributed by atoms with Crippen molar-refractivity contribution >= 4 is 29.5 Å². The molecule has 2 bridgehead atoms. The van der Waals surface area contributed by atoms with Gasteiger partial charge >= 0.3 is 0 Å². The summed E-state index contributed by atoms with van der Waals surface area (Å²) in [5.74, 6) is -1.33. The number of piperidine rings is 1. The van der Waals surface area contributed by atoms with Gasteiger partial charge < -0.3 is 35.2 Å². The van der Waals surface area contributed by atoms with Crippen molar-refractivity contribution in [3.63, 3.8) is 0 Å². The Morgan fingerprint density at radius 2 is 1.62 bits per heavy atom. The lowest BCUT2D eigenvalue weighted by molar-refractivity contribution is -0.140. The fourth-order valence-electron chi connectivity index (χ4n) is 4.99. The summed E-state index contributed by atoms with van der Waals surface area (Å²) >= 11 is 0. The van der Waals surface area contributed by atoms with Crippen molar-refractivity contribution in [2.75, 3.05) is 52.9 Å². The van der Waals surface area contributed by atoms with Gasteiger partial charge in [0.2, 0.25) is 17.7 Å². The van der Waals surface area contributed by atoms with Crippen molar-refractivity contribution in [3.8, 4) is 11.5 Å². The quantitative estimate of drug-likeness (QED) is 0.459. The molecule has 1 saturated heterocycles. The summed E-state index contributed by atoms with van der Waals surface area (Å²) < 4.78 is 5.46. The fourth-order valence-corrected chi connectivity index (χ4v) is 4.99. The Morgan fingerprint density at radius 1 is 0.950 bits per heavy atom. The monoisotopic (exact) mass is 559 g/mol. The largest absolute Gasteiger partial charge is 0.508 e. The summed E-state index contributed by atoms with van der Waals surface area (Å²) in [7, 11) is 1.68. The van der Waals surface area contributed by atoms with Gasteiger partial charge in [0.05, 0.1) is 0 Å². The van der Waals surface area contributed by atoms with Crippen LogP contribution in [-0.4, -0.2) is 108 Å². The van der Waals surface area contributed by atoms with Crippen molar-refractivity contribution in [2.45, 2.75) is 52.0 Å². The summed E-state index contributed by atoms with van der Waals surface area (Å²) in [6, 6.07) is 3.25. The van der Waals surface area contributed by atoms with E-state index in [0.717, 1.165) is 0 Å². The maximum atomic E-state index is 13.4. The molecule has 1 fully saturated rings. The first-order valence-electron chi connectivity index (χ1n) is 13.9. The maximum absolute atomic E-state index is 13.4. The number of aromatic hydroxyl groups is 1. The molecule has 40 heavy (non-hydrogen) atoms. The minimum Gasteiger partial charge on any atom is -0.508 e. The minimum atomic E-state index is -0.767. The molecule has 0 aromatic heterocycles. The number of rotatable bonds is 1. The predicted octanol–water partition coefficient (Wildman–Crippen LogP) is 0.735. The number of ether oxygens (including phenoxy) is 1. The summed E-state index contributed by atoms with van der Waals surface area (Å²) in [5.41, 5.74) is 0.167. The van der Waals surface area contributed by atoms with Gasteiger partial charge in [-0.25, -0.2) is 0 Å². The van der Waals surface area contributed by atoms with Crippen LogP contribution in [0.25, 0.3) is 0 Å². The standard InChI is InChI=1S/C28H41N5O7/c1-19-27(38)31(3)10-4-5-11-33(28(39)21-7-13-32(14-8-21)20(2)34)12-6-9-29-26(37)22-15-23(35)17-24(16-22)40-18-25(36)30-19/h15-17,19,21,35H,4-14,18H2,1-3H3,(H,29,37)(H,30,36)/t19-/m0/s1. The van der Waals surface area contributed by atoms with E-state index in [-0.39, 0.29) is 47.3 Å². The van der Waals surface area contributed by atoms with E-state index in [9.17, 15) is 29.1 Å². The van der Waals surface area contributed by atoms with Crippen LogP contribution < -0.4 is 15.4 Å². The zero-order valence-electron chi connectivity index (χ0n) is 23.6. The Hall–Kier alpha value is -3.83. The van der Waals surface area contributed by atoms with Gasteiger partial charge in [0, 0.05) is 70.8 Å². The van der Waals surface area contributed by atoms with Crippen LogP contribution >= 0.6 is 0 Å². The number of nitrogens with zero attached hydrogens (tertiary/aromatic N) is 3. The molecule has 1 aromatic carbocycles. The second-order valence-electron chi connectivity index (χ2n) is 10.5. The summed E-state index contributed by atoms with van der Waals surface area (Å²) in [5, 5.41) is 15.5. The SMILES string of the molecule is CC(=O)N1CCC(C(=O)N2CCCCN(C)C(=O)[C@H](C)NC(=O)COc3cc(O)cc(c3)C(=O)NCCC2)CC1. The van der Waals surface area contributed by atoms with Crippen LogP contribution in [-0.2, 0) is 19.2 Å². The van der Waals surface area contributed by atoms with E-state index in [4.69, 9.17) is 4.74 Å². The van der Waals surface area contributed by atoms with Crippen LogP contribution in [0.15, 0.2) is 18.2 Å². The Kier molecular flexibility index (Phi) is 11.2. The number of fused-ring (bicyclic) bond motifs is 2. The van der Waals surface area contributed by atoms with Gasteiger partial charge in [0.25, 0.3) is 11.8 Å². The van der Waals surface area contributed by atoms with E-state index in [0.29, 0.717) is 71.4 Å². The Morgan fingerprint density at radius 3 is 2.33 bits per heavy atom. The third-order valence-corrected chi connectivity index (χ3v) is 7.31. The smallest absolute Gasteiger partial charge is 0.258 e. The minimum absolute atomic E-state index is 0.0162. The molecule has 12 nitrogen and oxygen atoms in total. The average Bonchev–Trinajstić information content (AvgIpc) is 2.93. The Bertz CT molecular complexity index is 1090. The molecular weight excluding hydrogens is 518 g/mol. The summed E-state index contributed by atoms with van der Waals surface area (Å²) in [6.45, 7) is 5.63. The number of hydrogen-bond acceptors (Lipinski definition) is 7. The molecule has 2 aliphatic rings. The molecule has 220 valence electrons. The topological polar surface area (TPSA) is 149 Å². The predicted molar refractivity (Wildman–Crippen MR) is 147 cm³/mol. The first kappa shape index (κ1) is 30.7. The van der Waals surface area contributed by atoms with E-state index < -0.39 is 17.9 Å². The van der Waals surface area contributed by atoms with Crippen molar-refractivity contribution in [3.05, 3.63) is 23.8 Å². The normalized spacial score (nSPS) is 21.2. The lowest BCUT2D eigenvalue weighted by Crippen LogP contribution is -2.47. The second-order valence-corrected chi connectivity index (χ2v) is 10.5. The molecule has 12 heteroatoms. The third kappa shape index (κ3) is 8.85. The maximum Gasteiger partial charge on any atom is 0.258 e. The molecule has 2 heterocycles. The Balaban J connectivity index is 1.71. The molecule has 0 spiro atoms. The molecular formula is C28H41N5O7. The molecule has 5 amide bonds. The number of phenolic OH excluding ortho intramolecular Hbond substituents is 1. The molecule has 1 atom stereocenters. The van der Waals surface area contributed by atoms with Crippen molar-refractivity contribution in [2.24, 2.45) is 5.92 Å². The zero-order chi connectivity index (χ0) is 29.2. The number of likely N-dealkylation sites (tertiary alicyclic amines) is 1. The van der Waals surface area contributed by atoms with E-state index in [1.807, 2.05) is 4.90 Å². The number of hydrogen-bond donors (Lipinski definition) is 3. The van der Waals surface area contributed by atoms with E-state index in [1.165, 1.54) is 25.1 Å². The molecule has 0 saturated carbocycles. The van der Waals surface area contributed by atoms with Crippen LogP contribution in [0.3, 0.4) is 0 Å². The molecule has 0 aliphatic carbocycles. The number of carbonyl (C=O) groups excluding carboxylic acids is 5. The van der Waals surface area contributed by atoms with Gasteiger partial charge in [0.1, 0.15) is 17.5 Å². The number of nitrogens with one attached hydrogen (secondary N) is 2. The van der Waals surface area contributed by atoms with Crippen LogP contribution in [0.5, 0.6) is 11.5 Å². The van der Waals surface area contributed by atoms with Gasteiger partial charge in [0.15, 0.2) is 6.61 Å². The van der Waals surface area contributed by atoms with Crippen LogP contribution in [0.2, 0.25) is 0 Å². The third-order valence-electron chi connectivity index (χ3n) is 7.31. The van der Waals surface area contributed by atoms with Gasteiger partial charge in [-0.2, -0.15) is 0 Å². The van der Waals surface area contributed by atoms with Gasteiger partial charge in [-0.05, 0) is 51.2 Å². The highest BCUT2D eigenvalue weighted by molar-refractivity contribution is 5.95. The highest BCUT2D eigenvalue weighted by atomic mass is 16.5. The van der Waals surface area contributed by atoms with E-state index in [1.54, 1.807) is 23.8 Å². The molecule has 2 aliphatic heterocycles. The van der Waals surface area contributed by atoms with E-state index >= 15 is 0 Å². The Labute approximate surface area is 235 Å². The molecule has 0 radical (unpaired) electrons. The zero-order valence-corrected chi connectivity index (χ0v) is 23.6. The van der Waals surface area contributed by atoms with E-state index in [2.05, 4.69) is 10.6 Å². The van der Waals surface area contributed by atoms with Crippen LogP contribution in [0.1, 0.15) is 56.3 Å². The summed E-state index contributed by atoms with van der Waals surface area (Å²) in [6.07, 6.45) is 3.13. The number of likely N-dealkylation sites (N-methyl/N-ethyl adjacent to an activating group) is 1. The lowest BCUT2D eigenvalue weighted by atomic mass is 9.95. The van der Waals surface area contributed by atoms with Crippen LogP contribution in [0.4, 0.5) is 0 Å². The highest BCUT2D eigenvalue weighted by Gasteiger charge is 2.29. The second kappa shape index (κ2) is 14.5. The van der Waals surface area contributed by atoms with Gasteiger partial charge in [-0.3, -0.25) is 24.0 Å². The van der Waals surface area contributed by atoms with Crippen LogP contribution in [0, 0.1) is 5.92 Å². The molecule has 3 rings (SSSR count). The lowest BCUT2D eigenvalue weighted by Gasteiger charge is -2.34. The van der Waals surface area contributed by atoms with Crippen molar-refractivity contribution in [1.29, 1.82) is 0 Å². The first-order chi connectivity index (χ1) is 19.0. The molecule has 0 unspecified atom stereocenters. The average molecular weight is 560 g/mol. The number of carbonyl (C=O) groups is 5. The fraction of sp³-hybridized carbons (Fsp3) is 0.607. The molecule has 3 N–H and O–H groups in total. The van der Waals surface area contributed by atoms with Gasteiger partial charge in [-0.15, -0.1) is 0 Å². The summed E-state index contributed by atoms with van der Waals surface area (Å²) in [4.78, 5) is 68.1. The van der Waals surface area contributed by atoms with Crippen molar-refractivity contribution < 1.29 is 33.8 Å². The number of benzene rings is 1.